The summed E-state index contributed by atoms with van der Waals surface area (Å²) in [6.07, 6.45) is 3.36. The summed E-state index contributed by atoms with van der Waals surface area (Å²) in [6, 6.07) is 14.3. The number of hydrogen-bond donors (Lipinski definition) is 1. The SMILES string of the molecule is C[C@H](C(=O)Nc1sccc1C#N)N1CCC(Cc2ccccc2)CC1. The molecule has 3 rings (SSSR count). The maximum Gasteiger partial charge on any atom is 0.242 e. The zero-order chi connectivity index (χ0) is 17.6. The molecule has 0 radical (unpaired) electrons. The minimum atomic E-state index is -0.175. The average Bonchev–Trinajstić information content (AvgIpc) is 3.09. The van der Waals surface area contributed by atoms with Gasteiger partial charge in [-0.2, -0.15) is 5.26 Å². The lowest BCUT2D eigenvalue weighted by atomic mass is 9.89. The summed E-state index contributed by atoms with van der Waals surface area (Å²) in [7, 11) is 0. The number of piperidine rings is 1. The normalized spacial score (nSPS) is 17.0. The highest BCUT2D eigenvalue weighted by Gasteiger charge is 2.27. The summed E-state index contributed by atoms with van der Waals surface area (Å²) < 4.78 is 0. The van der Waals surface area contributed by atoms with E-state index in [4.69, 9.17) is 5.26 Å². The predicted molar refractivity (Wildman–Crippen MR) is 102 cm³/mol. The van der Waals surface area contributed by atoms with Crippen molar-refractivity contribution in [1.82, 2.24) is 4.90 Å². The molecule has 0 unspecified atom stereocenters. The van der Waals surface area contributed by atoms with Crippen LogP contribution in [0.3, 0.4) is 0 Å². The van der Waals surface area contributed by atoms with Crippen molar-refractivity contribution in [3.63, 3.8) is 0 Å². The molecule has 2 heterocycles. The number of carbonyl (C=O) groups is 1. The lowest BCUT2D eigenvalue weighted by molar-refractivity contribution is -0.121. The van der Waals surface area contributed by atoms with Crippen molar-refractivity contribution in [2.75, 3.05) is 18.4 Å². The molecular weight excluding hydrogens is 330 g/mol. The van der Waals surface area contributed by atoms with Gasteiger partial charge < -0.3 is 5.32 Å². The molecule has 1 amide bonds. The number of likely N-dealkylation sites (tertiary alicyclic amines) is 1. The van der Waals surface area contributed by atoms with Gasteiger partial charge in [0.25, 0.3) is 0 Å². The topological polar surface area (TPSA) is 56.1 Å². The van der Waals surface area contributed by atoms with Gasteiger partial charge in [0.15, 0.2) is 0 Å². The first-order valence-corrected chi connectivity index (χ1v) is 9.61. The number of carbonyl (C=O) groups excluding carboxylic acids is 1. The zero-order valence-corrected chi connectivity index (χ0v) is 15.3. The number of anilines is 1. The molecular formula is C20H23N3OS. The monoisotopic (exact) mass is 353 g/mol. The number of nitrogens with one attached hydrogen (secondary N) is 1. The quantitative estimate of drug-likeness (QED) is 0.887. The van der Waals surface area contributed by atoms with Gasteiger partial charge >= 0.3 is 0 Å². The fraction of sp³-hybridized carbons (Fsp3) is 0.400. The molecule has 0 saturated carbocycles. The van der Waals surface area contributed by atoms with Crippen molar-refractivity contribution in [3.05, 3.63) is 52.9 Å². The van der Waals surface area contributed by atoms with E-state index in [9.17, 15) is 4.79 Å². The molecule has 1 fully saturated rings. The van der Waals surface area contributed by atoms with E-state index in [1.54, 1.807) is 6.07 Å². The van der Waals surface area contributed by atoms with Crippen LogP contribution in [0.2, 0.25) is 0 Å². The lowest BCUT2D eigenvalue weighted by Crippen LogP contribution is -2.46. The highest BCUT2D eigenvalue weighted by atomic mass is 32.1. The molecule has 1 aromatic carbocycles. The van der Waals surface area contributed by atoms with Crippen LogP contribution in [0.4, 0.5) is 5.00 Å². The standard InChI is InChI=1S/C20H23N3OS/c1-15(19(24)22-20-18(14-21)9-12-25-20)23-10-7-17(8-11-23)13-16-5-3-2-4-6-16/h2-6,9,12,15,17H,7-8,10-11,13H2,1H3,(H,22,24)/t15-/m1/s1. The minimum absolute atomic E-state index is 0.0274. The molecule has 5 heteroatoms. The van der Waals surface area contributed by atoms with Crippen molar-refractivity contribution >= 4 is 22.2 Å². The third kappa shape index (κ3) is 4.47. The van der Waals surface area contributed by atoms with Gasteiger partial charge in [0, 0.05) is 0 Å². The zero-order valence-electron chi connectivity index (χ0n) is 14.4. The molecule has 1 aliphatic heterocycles. The Hall–Kier alpha value is -2.16. The second kappa shape index (κ2) is 8.28. The van der Waals surface area contributed by atoms with Crippen LogP contribution in [0.1, 0.15) is 30.9 Å². The summed E-state index contributed by atoms with van der Waals surface area (Å²) >= 11 is 1.40. The smallest absolute Gasteiger partial charge is 0.242 e. The molecule has 1 saturated heterocycles. The number of thiophene rings is 1. The average molecular weight is 353 g/mol. The van der Waals surface area contributed by atoms with Crippen LogP contribution >= 0.6 is 11.3 Å². The molecule has 1 N–H and O–H groups in total. The molecule has 25 heavy (non-hydrogen) atoms. The Morgan fingerprint density at radius 3 is 2.72 bits per heavy atom. The van der Waals surface area contributed by atoms with Crippen LogP contribution in [0, 0.1) is 17.2 Å². The van der Waals surface area contributed by atoms with Crippen LogP contribution in [-0.4, -0.2) is 29.9 Å². The van der Waals surface area contributed by atoms with Crippen molar-refractivity contribution < 1.29 is 4.79 Å². The first kappa shape index (κ1) is 17.7. The van der Waals surface area contributed by atoms with Gasteiger partial charge in [0.1, 0.15) is 11.1 Å². The highest BCUT2D eigenvalue weighted by molar-refractivity contribution is 7.14. The Kier molecular flexibility index (Phi) is 5.85. The first-order chi connectivity index (χ1) is 12.2. The summed E-state index contributed by atoms with van der Waals surface area (Å²) in [5, 5.41) is 14.4. The number of hydrogen-bond acceptors (Lipinski definition) is 4. The molecule has 1 atom stereocenters. The largest absolute Gasteiger partial charge is 0.315 e. The Morgan fingerprint density at radius 1 is 1.32 bits per heavy atom. The minimum Gasteiger partial charge on any atom is -0.315 e. The Morgan fingerprint density at radius 2 is 2.04 bits per heavy atom. The summed E-state index contributed by atoms with van der Waals surface area (Å²) in [5.74, 6) is 0.664. The van der Waals surface area contributed by atoms with Crippen molar-refractivity contribution in [2.45, 2.75) is 32.2 Å². The lowest BCUT2D eigenvalue weighted by Gasteiger charge is -2.35. The van der Waals surface area contributed by atoms with Gasteiger partial charge in [-0.05, 0) is 62.2 Å². The van der Waals surface area contributed by atoms with E-state index in [1.165, 1.54) is 16.9 Å². The predicted octanol–water partition coefficient (Wildman–Crippen LogP) is 3.90. The van der Waals surface area contributed by atoms with Crippen molar-refractivity contribution in [1.29, 1.82) is 5.26 Å². The summed E-state index contributed by atoms with van der Waals surface area (Å²) in [6.45, 7) is 3.84. The second-order valence-corrected chi connectivity index (χ2v) is 7.53. The van der Waals surface area contributed by atoms with Crippen LogP contribution in [0.25, 0.3) is 0 Å². The van der Waals surface area contributed by atoms with Crippen LogP contribution in [0.15, 0.2) is 41.8 Å². The number of amides is 1. The van der Waals surface area contributed by atoms with Gasteiger partial charge in [-0.3, -0.25) is 9.69 Å². The third-order valence-corrected chi connectivity index (χ3v) is 5.80. The molecule has 0 aliphatic carbocycles. The van der Waals surface area contributed by atoms with Crippen molar-refractivity contribution in [3.8, 4) is 6.07 Å². The molecule has 4 nitrogen and oxygen atoms in total. The van der Waals surface area contributed by atoms with Crippen LogP contribution in [-0.2, 0) is 11.2 Å². The van der Waals surface area contributed by atoms with Gasteiger partial charge in [-0.15, -0.1) is 11.3 Å². The summed E-state index contributed by atoms with van der Waals surface area (Å²) in [4.78, 5) is 14.7. The fourth-order valence-electron chi connectivity index (χ4n) is 3.37. The maximum atomic E-state index is 12.5. The van der Waals surface area contributed by atoms with Gasteiger partial charge in [-0.1, -0.05) is 30.3 Å². The Labute approximate surface area is 153 Å². The second-order valence-electron chi connectivity index (χ2n) is 6.61. The summed E-state index contributed by atoms with van der Waals surface area (Å²) in [5.41, 5.74) is 1.93. The fourth-order valence-corrected chi connectivity index (χ4v) is 4.11. The first-order valence-electron chi connectivity index (χ1n) is 8.74. The van der Waals surface area contributed by atoms with Crippen LogP contribution in [0.5, 0.6) is 0 Å². The molecule has 130 valence electrons. The highest BCUT2D eigenvalue weighted by Crippen LogP contribution is 2.25. The Balaban J connectivity index is 1.50. The van der Waals surface area contributed by atoms with Gasteiger partial charge in [-0.25, -0.2) is 0 Å². The van der Waals surface area contributed by atoms with E-state index < -0.39 is 0 Å². The van der Waals surface area contributed by atoms with Crippen molar-refractivity contribution in [2.24, 2.45) is 5.92 Å². The van der Waals surface area contributed by atoms with E-state index in [2.05, 4.69) is 46.6 Å². The number of nitriles is 1. The molecule has 1 aliphatic rings. The van der Waals surface area contributed by atoms with E-state index in [0.717, 1.165) is 32.4 Å². The molecule has 0 spiro atoms. The van der Waals surface area contributed by atoms with Crippen LogP contribution < -0.4 is 5.32 Å². The Bertz CT molecular complexity index is 742. The van der Waals surface area contributed by atoms with Gasteiger partial charge in [0.05, 0.1) is 11.6 Å². The van der Waals surface area contributed by atoms with E-state index in [-0.39, 0.29) is 11.9 Å². The van der Waals surface area contributed by atoms with E-state index in [1.807, 2.05) is 12.3 Å². The number of benzene rings is 1. The molecule has 1 aromatic heterocycles. The molecule has 2 aromatic rings. The maximum absolute atomic E-state index is 12.5. The molecule has 0 bridgehead atoms. The number of nitrogens with zero attached hydrogens (tertiary/aromatic N) is 2. The number of rotatable bonds is 5. The van der Waals surface area contributed by atoms with E-state index in [0.29, 0.717) is 16.5 Å². The third-order valence-electron chi connectivity index (χ3n) is 4.97. The van der Waals surface area contributed by atoms with E-state index >= 15 is 0 Å². The van der Waals surface area contributed by atoms with Gasteiger partial charge in [0.2, 0.25) is 5.91 Å².